The van der Waals surface area contributed by atoms with Crippen molar-refractivity contribution in [2.75, 3.05) is 6.54 Å². The fraction of sp³-hybridized carbons (Fsp3) is 0.263. The molecule has 0 spiro atoms. The maximum atomic E-state index is 12.0. The van der Waals surface area contributed by atoms with Gasteiger partial charge in [0.05, 0.1) is 6.42 Å². The normalized spacial score (nSPS) is 10.2. The number of amides is 2. The maximum Gasteiger partial charge on any atom is 0.251 e. The summed E-state index contributed by atoms with van der Waals surface area (Å²) in [5, 5.41) is 5.65. The van der Waals surface area contributed by atoms with Gasteiger partial charge in [0.1, 0.15) is 0 Å². The number of rotatable bonds is 6. The van der Waals surface area contributed by atoms with Crippen molar-refractivity contribution in [2.45, 2.75) is 26.8 Å². The standard InChI is InChI=1S/C19H22N2O2/c1-3-20-19(23)17-6-4-5-16(11-17)13-21-18(22)12-15-9-7-14(2)8-10-15/h4-11H,3,12-13H2,1-2H3,(H,20,23)(H,21,22). The molecule has 2 amide bonds. The van der Waals surface area contributed by atoms with E-state index in [-0.39, 0.29) is 11.8 Å². The van der Waals surface area contributed by atoms with Crippen molar-refractivity contribution in [2.24, 2.45) is 0 Å². The van der Waals surface area contributed by atoms with Crippen LogP contribution in [-0.2, 0) is 17.8 Å². The topological polar surface area (TPSA) is 58.2 Å². The van der Waals surface area contributed by atoms with E-state index in [1.54, 1.807) is 12.1 Å². The lowest BCUT2D eigenvalue weighted by atomic mass is 10.1. The average Bonchev–Trinajstić information content (AvgIpc) is 2.56. The van der Waals surface area contributed by atoms with Crippen LogP contribution in [0.15, 0.2) is 48.5 Å². The molecule has 0 aliphatic rings. The lowest BCUT2D eigenvalue weighted by Gasteiger charge is -2.08. The predicted molar refractivity (Wildman–Crippen MR) is 91.2 cm³/mol. The van der Waals surface area contributed by atoms with Crippen LogP contribution in [0.5, 0.6) is 0 Å². The quantitative estimate of drug-likeness (QED) is 0.861. The zero-order valence-electron chi connectivity index (χ0n) is 13.6. The molecule has 2 aromatic carbocycles. The minimum Gasteiger partial charge on any atom is -0.352 e. The summed E-state index contributed by atoms with van der Waals surface area (Å²) >= 11 is 0. The molecule has 0 aliphatic carbocycles. The van der Waals surface area contributed by atoms with Crippen molar-refractivity contribution in [1.82, 2.24) is 10.6 Å². The van der Waals surface area contributed by atoms with E-state index < -0.39 is 0 Å². The summed E-state index contributed by atoms with van der Waals surface area (Å²) in [4.78, 5) is 23.8. The smallest absolute Gasteiger partial charge is 0.251 e. The third-order valence-corrected chi connectivity index (χ3v) is 3.50. The molecule has 0 fully saturated rings. The highest BCUT2D eigenvalue weighted by atomic mass is 16.2. The molecule has 0 aliphatic heterocycles. The molecule has 4 nitrogen and oxygen atoms in total. The largest absolute Gasteiger partial charge is 0.352 e. The van der Waals surface area contributed by atoms with Crippen LogP contribution in [0.1, 0.15) is 34.0 Å². The molecule has 0 saturated heterocycles. The first-order chi connectivity index (χ1) is 11.1. The van der Waals surface area contributed by atoms with Gasteiger partial charge in [0.25, 0.3) is 5.91 Å². The molecule has 4 heteroatoms. The molecule has 0 bridgehead atoms. The molecule has 2 rings (SSSR count). The second-order valence-electron chi connectivity index (χ2n) is 5.50. The van der Waals surface area contributed by atoms with Gasteiger partial charge in [-0.25, -0.2) is 0 Å². The number of carbonyl (C=O) groups excluding carboxylic acids is 2. The lowest BCUT2D eigenvalue weighted by molar-refractivity contribution is -0.120. The van der Waals surface area contributed by atoms with Crippen molar-refractivity contribution in [1.29, 1.82) is 0 Å². The number of carbonyl (C=O) groups is 2. The fourth-order valence-corrected chi connectivity index (χ4v) is 2.24. The molecule has 0 heterocycles. The Labute approximate surface area is 136 Å². The molecular formula is C19H22N2O2. The van der Waals surface area contributed by atoms with Crippen LogP contribution in [0.3, 0.4) is 0 Å². The Hall–Kier alpha value is -2.62. The van der Waals surface area contributed by atoms with Gasteiger partial charge in [0.15, 0.2) is 0 Å². The predicted octanol–water partition coefficient (Wildman–Crippen LogP) is 2.60. The maximum absolute atomic E-state index is 12.0. The summed E-state index contributed by atoms with van der Waals surface area (Å²) in [6, 6.07) is 15.2. The molecule has 0 radical (unpaired) electrons. The van der Waals surface area contributed by atoms with Crippen molar-refractivity contribution < 1.29 is 9.59 Å². The summed E-state index contributed by atoms with van der Waals surface area (Å²) in [6.45, 7) is 4.91. The molecule has 0 aromatic heterocycles. The Morgan fingerprint density at radius 2 is 1.70 bits per heavy atom. The highest BCUT2D eigenvalue weighted by Gasteiger charge is 2.06. The van der Waals surface area contributed by atoms with Crippen molar-refractivity contribution >= 4 is 11.8 Å². The third-order valence-electron chi connectivity index (χ3n) is 3.50. The minimum absolute atomic E-state index is 0.0303. The van der Waals surface area contributed by atoms with E-state index in [0.29, 0.717) is 25.1 Å². The van der Waals surface area contributed by atoms with Gasteiger partial charge in [0, 0.05) is 18.7 Å². The fourth-order valence-electron chi connectivity index (χ4n) is 2.24. The first kappa shape index (κ1) is 16.7. The molecular weight excluding hydrogens is 288 g/mol. The third kappa shape index (κ3) is 5.25. The van der Waals surface area contributed by atoms with Crippen molar-refractivity contribution in [3.8, 4) is 0 Å². The summed E-state index contributed by atoms with van der Waals surface area (Å²) in [6.07, 6.45) is 0.357. The second-order valence-corrected chi connectivity index (χ2v) is 5.50. The monoisotopic (exact) mass is 310 g/mol. The van der Waals surface area contributed by atoms with E-state index in [9.17, 15) is 9.59 Å². The van der Waals surface area contributed by atoms with Crippen LogP contribution in [0, 0.1) is 6.92 Å². The molecule has 23 heavy (non-hydrogen) atoms. The first-order valence-electron chi connectivity index (χ1n) is 7.78. The van der Waals surface area contributed by atoms with Crippen LogP contribution in [0.25, 0.3) is 0 Å². The number of nitrogens with one attached hydrogen (secondary N) is 2. The molecule has 120 valence electrons. The van der Waals surface area contributed by atoms with E-state index in [0.717, 1.165) is 11.1 Å². The average molecular weight is 310 g/mol. The van der Waals surface area contributed by atoms with E-state index in [1.807, 2.05) is 50.2 Å². The Balaban J connectivity index is 1.90. The van der Waals surface area contributed by atoms with Gasteiger partial charge in [-0.3, -0.25) is 9.59 Å². The molecule has 2 aromatic rings. The highest BCUT2D eigenvalue weighted by molar-refractivity contribution is 5.94. The molecule has 2 N–H and O–H groups in total. The Kier molecular flexibility index (Phi) is 5.92. The van der Waals surface area contributed by atoms with Gasteiger partial charge in [-0.05, 0) is 37.1 Å². The van der Waals surface area contributed by atoms with Gasteiger partial charge in [-0.15, -0.1) is 0 Å². The Morgan fingerprint density at radius 1 is 0.957 bits per heavy atom. The zero-order chi connectivity index (χ0) is 16.7. The van der Waals surface area contributed by atoms with E-state index in [1.165, 1.54) is 5.56 Å². The van der Waals surface area contributed by atoms with Gasteiger partial charge in [-0.2, -0.15) is 0 Å². The lowest BCUT2D eigenvalue weighted by Crippen LogP contribution is -2.25. The Morgan fingerprint density at radius 3 is 2.39 bits per heavy atom. The van der Waals surface area contributed by atoms with E-state index in [4.69, 9.17) is 0 Å². The number of hydrogen-bond acceptors (Lipinski definition) is 2. The number of benzene rings is 2. The van der Waals surface area contributed by atoms with E-state index in [2.05, 4.69) is 10.6 Å². The van der Waals surface area contributed by atoms with Crippen LogP contribution in [-0.4, -0.2) is 18.4 Å². The summed E-state index contributed by atoms with van der Waals surface area (Å²) in [7, 11) is 0. The van der Waals surface area contributed by atoms with Gasteiger partial charge in [0.2, 0.25) is 5.91 Å². The Bertz CT molecular complexity index is 678. The molecule has 0 atom stereocenters. The summed E-state index contributed by atoms with van der Waals surface area (Å²) in [5.41, 5.74) is 3.68. The van der Waals surface area contributed by atoms with Gasteiger partial charge < -0.3 is 10.6 Å². The number of hydrogen-bond donors (Lipinski definition) is 2. The first-order valence-corrected chi connectivity index (χ1v) is 7.78. The van der Waals surface area contributed by atoms with E-state index >= 15 is 0 Å². The number of aryl methyl sites for hydroxylation is 1. The van der Waals surface area contributed by atoms with Gasteiger partial charge >= 0.3 is 0 Å². The van der Waals surface area contributed by atoms with Crippen molar-refractivity contribution in [3.05, 3.63) is 70.8 Å². The second kappa shape index (κ2) is 8.13. The van der Waals surface area contributed by atoms with Crippen molar-refractivity contribution in [3.63, 3.8) is 0 Å². The van der Waals surface area contributed by atoms with Crippen LogP contribution >= 0.6 is 0 Å². The van der Waals surface area contributed by atoms with Gasteiger partial charge in [-0.1, -0.05) is 42.0 Å². The summed E-state index contributed by atoms with van der Waals surface area (Å²) < 4.78 is 0. The van der Waals surface area contributed by atoms with Crippen LogP contribution in [0.4, 0.5) is 0 Å². The molecule has 0 saturated carbocycles. The van der Waals surface area contributed by atoms with Crippen LogP contribution < -0.4 is 10.6 Å². The highest BCUT2D eigenvalue weighted by Crippen LogP contribution is 2.06. The SMILES string of the molecule is CCNC(=O)c1cccc(CNC(=O)Cc2ccc(C)cc2)c1. The minimum atomic E-state index is -0.0969. The van der Waals surface area contributed by atoms with Crippen LogP contribution in [0.2, 0.25) is 0 Å². The summed E-state index contributed by atoms with van der Waals surface area (Å²) in [5.74, 6) is -0.127. The molecule has 0 unspecified atom stereocenters. The zero-order valence-corrected chi connectivity index (χ0v) is 13.6.